The van der Waals surface area contributed by atoms with Gasteiger partial charge in [-0.15, -0.1) is 0 Å². The fourth-order valence-electron chi connectivity index (χ4n) is 3.45. The molecule has 0 aromatic heterocycles. The Balaban J connectivity index is 1.83. The summed E-state index contributed by atoms with van der Waals surface area (Å²) in [5, 5.41) is 0. The van der Waals surface area contributed by atoms with Crippen molar-refractivity contribution < 1.29 is 9.53 Å². The Labute approximate surface area is 162 Å². The van der Waals surface area contributed by atoms with Gasteiger partial charge in [-0.2, -0.15) is 0 Å². The highest BCUT2D eigenvalue weighted by atomic mass is 16.5. The number of rotatable bonds is 5. The van der Waals surface area contributed by atoms with Crippen LogP contribution in [0.15, 0.2) is 72.8 Å². The number of benzene rings is 2. The quantitative estimate of drug-likeness (QED) is 0.702. The van der Waals surface area contributed by atoms with Gasteiger partial charge in [0.05, 0.1) is 6.61 Å². The van der Waals surface area contributed by atoms with Crippen LogP contribution in [-0.4, -0.2) is 23.0 Å². The maximum absolute atomic E-state index is 13.6. The molecule has 2 aromatic rings. The van der Waals surface area contributed by atoms with Gasteiger partial charge in [0.25, 0.3) is 5.91 Å². The number of carbonyl (C=O) groups is 1. The minimum Gasteiger partial charge on any atom is -0.360 e. The van der Waals surface area contributed by atoms with Crippen LogP contribution in [-0.2, 0) is 22.7 Å². The van der Waals surface area contributed by atoms with Gasteiger partial charge in [0, 0.05) is 19.0 Å². The maximum Gasteiger partial charge on any atom is 0.255 e. The van der Waals surface area contributed by atoms with Gasteiger partial charge in [0.1, 0.15) is 5.60 Å². The Bertz CT molecular complexity index is 756. The minimum absolute atomic E-state index is 0.00471. The topological polar surface area (TPSA) is 29.5 Å². The van der Waals surface area contributed by atoms with Gasteiger partial charge in [-0.25, -0.2) is 0 Å². The Kier molecular flexibility index (Phi) is 6.46. The van der Waals surface area contributed by atoms with Gasteiger partial charge in [-0.3, -0.25) is 4.79 Å². The molecular weight excluding hydrogens is 334 g/mol. The minimum atomic E-state index is -0.883. The lowest BCUT2D eigenvalue weighted by molar-refractivity contribution is -0.163. The molecule has 0 saturated heterocycles. The van der Waals surface area contributed by atoms with Crippen molar-refractivity contribution in [3.63, 3.8) is 0 Å². The van der Waals surface area contributed by atoms with E-state index in [0.717, 1.165) is 30.5 Å². The smallest absolute Gasteiger partial charge is 0.255 e. The van der Waals surface area contributed by atoms with Crippen LogP contribution in [0.1, 0.15) is 37.8 Å². The van der Waals surface area contributed by atoms with E-state index in [-0.39, 0.29) is 11.8 Å². The molecule has 0 fully saturated rings. The van der Waals surface area contributed by atoms with Crippen molar-refractivity contribution >= 4 is 5.91 Å². The second-order valence-corrected chi connectivity index (χ2v) is 7.45. The van der Waals surface area contributed by atoms with E-state index >= 15 is 0 Å². The number of ether oxygens (including phenoxy) is 1. The van der Waals surface area contributed by atoms with Crippen LogP contribution in [0, 0.1) is 5.92 Å². The monoisotopic (exact) mass is 363 g/mol. The maximum atomic E-state index is 13.6. The zero-order chi connectivity index (χ0) is 19.1. The third-order valence-electron chi connectivity index (χ3n) is 5.40. The van der Waals surface area contributed by atoms with Gasteiger partial charge >= 0.3 is 0 Å². The Morgan fingerprint density at radius 2 is 1.67 bits per heavy atom. The first kappa shape index (κ1) is 19.4. The van der Waals surface area contributed by atoms with Crippen LogP contribution in [0.25, 0.3) is 0 Å². The van der Waals surface area contributed by atoms with Gasteiger partial charge < -0.3 is 9.64 Å². The zero-order valence-electron chi connectivity index (χ0n) is 16.3. The molecule has 1 aliphatic rings. The first-order valence-corrected chi connectivity index (χ1v) is 9.77. The molecule has 0 radical (unpaired) electrons. The van der Waals surface area contributed by atoms with Crippen molar-refractivity contribution in [3.8, 4) is 0 Å². The predicted molar refractivity (Wildman–Crippen MR) is 109 cm³/mol. The summed E-state index contributed by atoms with van der Waals surface area (Å²) in [6.07, 6.45) is 6.28. The molecule has 0 spiro atoms. The van der Waals surface area contributed by atoms with Gasteiger partial charge in [-0.05, 0) is 30.9 Å². The highest BCUT2D eigenvalue weighted by molar-refractivity contribution is 5.85. The van der Waals surface area contributed by atoms with E-state index < -0.39 is 5.60 Å². The first-order valence-electron chi connectivity index (χ1n) is 9.77. The normalized spacial score (nSPS) is 24.7. The average molecular weight is 364 g/mol. The fourth-order valence-corrected chi connectivity index (χ4v) is 3.45. The Hall–Kier alpha value is -2.39. The lowest BCUT2D eigenvalue weighted by Crippen LogP contribution is -2.52. The number of amides is 1. The van der Waals surface area contributed by atoms with Crippen LogP contribution in [0.3, 0.4) is 0 Å². The second kappa shape index (κ2) is 9.01. The van der Waals surface area contributed by atoms with Gasteiger partial charge in [-0.1, -0.05) is 79.7 Å². The molecule has 3 nitrogen and oxygen atoms in total. The molecule has 27 heavy (non-hydrogen) atoms. The summed E-state index contributed by atoms with van der Waals surface area (Å²) in [5.41, 5.74) is 1.35. The van der Waals surface area contributed by atoms with Gasteiger partial charge in [0.2, 0.25) is 0 Å². The second-order valence-electron chi connectivity index (χ2n) is 7.45. The van der Waals surface area contributed by atoms with Crippen molar-refractivity contribution in [1.29, 1.82) is 0 Å². The molecule has 0 saturated carbocycles. The largest absolute Gasteiger partial charge is 0.360 e. The molecule has 2 atom stereocenters. The first-order chi connectivity index (χ1) is 13.1. The van der Waals surface area contributed by atoms with Crippen LogP contribution < -0.4 is 0 Å². The highest BCUT2D eigenvalue weighted by Gasteiger charge is 2.42. The van der Waals surface area contributed by atoms with Crippen LogP contribution >= 0.6 is 0 Å². The number of allylic oxidation sites excluding steroid dienone is 1. The summed E-state index contributed by atoms with van der Waals surface area (Å²) < 4.78 is 6.30. The standard InChI is InChI=1S/C24H29NO2/c1-20-12-6-5-11-17-25(18-21-13-7-3-8-14-21)23(26)24(20,2)27-19-22-15-9-4-10-16-22/h3-4,6-10,12-16,20H,5,11,17-19H2,1-2H3/b12-6+. The molecule has 1 heterocycles. The summed E-state index contributed by atoms with van der Waals surface area (Å²) in [4.78, 5) is 15.5. The lowest BCUT2D eigenvalue weighted by atomic mass is 9.88. The number of nitrogens with zero attached hydrogens (tertiary/aromatic N) is 1. The van der Waals surface area contributed by atoms with Crippen molar-refractivity contribution in [3.05, 3.63) is 83.9 Å². The van der Waals surface area contributed by atoms with Crippen molar-refractivity contribution in [1.82, 2.24) is 4.90 Å². The summed E-state index contributed by atoms with van der Waals surface area (Å²) in [7, 11) is 0. The molecule has 1 aliphatic heterocycles. The summed E-state index contributed by atoms with van der Waals surface area (Å²) >= 11 is 0. The van der Waals surface area contributed by atoms with E-state index in [2.05, 4.69) is 31.2 Å². The lowest BCUT2D eigenvalue weighted by Gasteiger charge is -2.37. The molecule has 0 bridgehead atoms. The zero-order valence-corrected chi connectivity index (χ0v) is 16.3. The number of hydrogen-bond donors (Lipinski definition) is 0. The van der Waals surface area contributed by atoms with E-state index in [0.29, 0.717) is 13.2 Å². The van der Waals surface area contributed by atoms with E-state index in [1.807, 2.05) is 60.4 Å². The van der Waals surface area contributed by atoms with E-state index in [1.165, 1.54) is 0 Å². The third-order valence-corrected chi connectivity index (χ3v) is 5.40. The number of carbonyl (C=O) groups excluding carboxylic acids is 1. The van der Waals surface area contributed by atoms with Crippen LogP contribution in [0.2, 0.25) is 0 Å². The van der Waals surface area contributed by atoms with Gasteiger partial charge in [0.15, 0.2) is 0 Å². The van der Waals surface area contributed by atoms with Crippen molar-refractivity contribution in [2.75, 3.05) is 6.54 Å². The number of hydrogen-bond acceptors (Lipinski definition) is 2. The molecule has 142 valence electrons. The van der Waals surface area contributed by atoms with Crippen LogP contribution in [0.5, 0.6) is 0 Å². The molecule has 3 rings (SSSR count). The fraction of sp³-hybridized carbons (Fsp3) is 0.375. The van der Waals surface area contributed by atoms with Crippen LogP contribution in [0.4, 0.5) is 0 Å². The molecule has 1 amide bonds. The van der Waals surface area contributed by atoms with E-state index in [4.69, 9.17) is 4.74 Å². The predicted octanol–water partition coefficient (Wildman–Crippen LogP) is 4.98. The summed E-state index contributed by atoms with van der Waals surface area (Å²) in [6, 6.07) is 20.2. The van der Waals surface area contributed by atoms with Crippen molar-refractivity contribution in [2.45, 2.75) is 45.4 Å². The molecule has 0 aliphatic carbocycles. The summed E-state index contributed by atoms with van der Waals surface area (Å²) in [5.74, 6) is 0.0754. The Morgan fingerprint density at radius 1 is 1.04 bits per heavy atom. The molecule has 2 aromatic carbocycles. The molecule has 0 N–H and O–H groups in total. The Morgan fingerprint density at radius 3 is 2.33 bits per heavy atom. The molecular formula is C24H29NO2. The average Bonchev–Trinajstić information content (AvgIpc) is 2.75. The van der Waals surface area contributed by atoms with E-state index in [1.54, 1.807) is 0 Å². The molecule has 3 heteroatoms. The molecule has 2 unspecified atom stereocenters. The van der Waals surface area contributed by atoms with E-state index in [9.17, 15) is 4.79 Å². The van der Waals surface area contributed by atoms with Crippen molar-refractivity contribution in [2.24, 2.45) is 5.92 Å². The highest BCUT2D eigenvalue weighted by Crippen LogP contribution is 2.29. The summed E-state index contributed by atoms with van der Waals surface area (Å²) in [6.45, 7) is 5.81. The SMILES string of the molecule is CC1/C=C/CCCN(Cc2ccccc2)C(=O)C1(C)OCc1ccccc1. The third kappa shape index (κ3) is 4.86.